The lowest BCUT2D eigenvalue weighted by molar-refractivity contribution is 0.201. The van der Waals surface area contributed by atoms with Gasteiger partial charge in [-0.25, -0.2) is 0 Å². The van der Waals surface area contributed by atoms with Crippen LogP contribution in [0.1, 0.15) is 12.8 Å². The largest absolute Gasteiger partial charge is 0.493 e. The summed E-state index contributed by atoms with van der Waals surface area (Å²) in [5, 5.41) is 3.35. The molecule has 0 unspecified atom stereocenters. The molecule has 1 aromatic carbocycles. The number of hydrogen-bond donors (Lipinski definition) is 1. The molecule has 18 heavy (non-hydrogen) atoms. The van der Waals surface area contributed by atoms with Crippen LogP contribution in [0.15, 0.2) is 18.2 Å². The van der Waals surface area contributed by atoms with Gasteiger partial charge in [-0.3, -0.25) is 0 Å². The van der Waals surface area contributed by atoms with Gasteiger partial charge in [0, 0.05) is 0 Å². The van der Waals surface area contributed by atoms with Crippen molar-refractivity contribution in [1.82, 2.24) is 5.32 Å². The lowest BCUT2D eigenvalue weighted by Gasteiger charge is -2.23. The summed E-state index contributed by atoms with van der Waals surface area (Å²) in [6, 6.07) is 5.68. The van der Waals surface area contributed by atoms with Crippen LogP contribution in [-0.4, -0.2) is 33.9 Å². The Kier molecular flexibility index (Phi) is 4.70. The summed E-state index contributed by atoms with van der Waals surface area (Å²) < 4.78 is 16.5. The molecule has 1 N–H and O–H groups in total. The van der Waals surface area contributed by atoms with Crippen molar-refractivity contribution in [1.29, 1.82) is 0 Å². The molecule has 4 heteroatoms. The molecule has 0 radical (unpaired) electrons. The van der Waals surface area contributed by atoms with E-state index in [0.717, 1.165) is 44.0 Å². The quantitative estimate of drug-likeness (QED) is 0.869. The summed E-state index contributed by atoms with van der Waals surface area (Å²) in [5.74, 6) is 2.77. The fourth-order valence-corrected chi connectivity index (χ4v) is 2.21. The van der Waals surface area contributed by atoms with E-state index in [2.05, 4.69) is 5.32 Å². The molecule has 0 amide bonds. The molecule has 1 fully saturated rings. The van der Waals surface area contributed by atoms with Crippen LogP contribution in [0, 0.1) is 5.92 Å². The van der Waals surface area contributed by atoms with Gasteiger partial charge in [-0.1, -0.05) is 6.07 Å². The summed E-state index contributed by atoms with van der Waals surface area (Å²) in [6.45, 7) is 2.88. The molecule has 0 aliphatic carbocycles. The second-order valence-corrected chi connectivity index (χ2v) is 4.50. The second-order valence-electron chi connectivity index (χ2n) is 4.50. The molecule has 0 atom stereocenters. The number of ether oxygens (including phenoxy) is 3. The Bertz CT molecular complexity index is 353. The number of benzene rings is 1. The monoisotopic (exact) mass is 251 g/mol. The maximum atomic E-state index is 5.91. The fourth-order valence-electron chi connectivity index (χ4n) is 2.21. The van der Waals surface area contributed by atoms with E-state index >= 15 is 0 Å². The molecule has 2 rings (SSSR count). The van der Waals surface area contributed by atoms with Crippen LogP contribution in [0.5, 0.6) is 17.2 Å². The Morgan fingerprint density at radius 3 is 2.28 bits per heavy atom. The van der Waals surface area contributed by atoms with Gasteiger partial charge in [-0.2, -0.15) is 0 Å². The summed E-state index contributed by atoms with van der Waals surface area (Å²) in [7, 11) is 3.29. The average molecular weight is 251 g/mol. The van der Waals surface area contributed by atoms with Gasteiger partial charge in [-0.05, 0) is 44.0 Å². The van der Waals surface area contributed by atoms with Crippen LogP contribution in [0.2, 0.25) is 0 Å². The minimum absolute atomic E-state index is 0.612. The Hall–Kier alpha value is -1.42. The maximum Gasteiger partial charge on any atom is 0.203 e. The summed E-state index contributed by atoms with van der Waals surface area (Å²) in [6.07, 6.45) is 2.33. The van der Waals surface area contributed by atoms with E-state index in [4.69, 9.17) is 14.2 Å². The number of hydrogen-bond acceptors (Lipinski definition) is 4. The number of para-hydroxylation sites is 1. The molecule has 1 aliphatic rings. The molecule has 0 aromatic heterocycles. The van der Waals surface area contributed by atoms with Crippen molar-refractivity contribution in [2.45, 2.75) is 12.8 Å². The van der Waals surface area contributed by atoms with Gasteiger partial charge in [0.1, 0.15) is 0 Å². The standard InChI is InChI=1S/C14H21NO3/c1-16-12-4-3-5-13(17-2)14(12)18-10-11-6-8-15-9-7-11/h3-5,11,15H,6-10H2,1-2H3. The van der Waals surface area contributed by atoms with Gasteiger partial charge in [0.25, 0.3) is 0 Å². The van der Waals surface area contributed by atoms with E-state index in [1.54, 1.807) is 14.2 Å². The SMILES string of the molecule is COc1cccc(OC)c1OCC1CCNCC1. The van der Waals surface area contributed by atoms with Crippen LogP contribution < -0.4 is 19.5 Å². The first kappa shape index (κ1) is 13.0. The third-order valence-electron chi connectivity index (χ3n) is 3.30. The van der Waals surface area contributed by atoms with E-state index < -0.39 is 0 Å². The van der Waals surface area contributed by atoms with Crippen molar-refractivity contribution < 1.29 is 14.2 Å². The molecule has 1 aliphatic heterocycles. The van der Waals surface area contributed by atoms with Crippen molar-refractivity contribution in [3.63, 3.8) is 0 Å². The van der Waals surface area contributed by atoms with Gasteiger partial charge >= 0.3 is 0 Å². The lowest BCUT2D eigenvalue weighted by atomic mass is 9.99. The highest BCUT2D eigenvalue weighted by Gasteiger charge is 2.17. The Labute approximate surface area is 108 Å². The zero-order chi connectivity index (χ0) is 12.8. The predicted molar refractivity (Wildman–Crippen MR) is 70.6 cm³/mol. The summed E-state index contributed by atoms with van der Waals surface area (Å²) in [4.78, 5) is 0. The topological polar surface area (TPSA) is 39.7 Å². The zero-order valence-corrected chi connectivity index (χ0v) is 11.1. The Balaban J connectivity index is 2.02. The highest BCUT2D eigenvalue weighted by Crippen LogP contribution is 2.37. The predicted octanol–water partition coefficient (Wildman–Crippen LogP) is 2.08. The molecule has 1 heterocycles. The molecule has 1 saturated heterocycles. The number of rotatable bonds is 5. The second kappa shape index (κ2) is 6.50. The van der Waals surface area contributed by atoms with E-state index in [-0.39, 0.29) is 0 Å². The van der Waals surface area contributed by atoms with E-state index in [9.17, 15) is 0 Å². The first-order chi connectivity index (χ1) is 8.85. The van der Waals surface area contributed by atoms with E-state index in [1.807, 2.05) is 18.2 Å². The molecule has 1 aromatic rings. The van der Waals surface area contributed by atoms with Crippen LogP contribution in [0.25, 0.3) is 0 Å². The normalized spacial score (nSPS) is 16.3. The molecule has 4 nitrogen and oxygen atoms in total. The molecule has 100 valence electrons. The van der Waals surface area contributed by atoms with Crippen molar-refractivity contribution in [2.75, 3.05) is 33.9 Å². The minimum atomic E-state index is 0.612. The van der Waals surface area contributed by atoms with E-state index in [0.29, 0.717) is 11.7 Å². The van der Waals surface area contributed by atoms with Crippen molar-refractivity contribution in [2.24, 2.45) is 5.92 Å². The van der Waals surface area contributed by atoms with Gasteiger partial charge in [0.2, 0.25) is 5.75 Å². The minimum Gasteiger partial charge on any atom is -0.493 e. The highest BCUT2D eigenvalue weighted by atomic mass is 16.5. The van der Waals surface area contributed by atoms with Crippen molar-refractivity contribution in [3.8, 4) is 17.2 Å². The van der Waals surface area contributed by atoms with Crippen molar-refractivity contribution in [3.05, 3.63) is 18.2 Å². The smallest absolute Gasteiger partial charge is 0.203 e. The molecule has 0 bridgehead atoms. The summed E-state index contributed by atoms with van der Waals surface area (Å²) in [5.41, 5.74) is 0. The van der Waals surface area contributed by atoms with E-state index in [1.165, 1.54) is 0 Å². The first-order valence-electron chi connectivity index (χ1n) is 6.39. The number of methoxy groups -OCH3 is 2. The first-order valence-corrected chi connectivity index (χ1v) is 6.39. The molecular weight excluding hydrogens is 230 g/mol. The van der Waals surface area contributed by atoms with Crippen LogP contribution in [-0.2, 0) is 0 Å². The van der Waals surface area contributed by atoms with Gasteiger partial charge in [0.15, 0.2) is 11.5 Å². The fraction of sp³-hybridized carbons (Fsp3) is 0.571. The number of piperidine rings is 1. The maximum absolute atomic E-state index is 5.91. The Morgan fingerprint density at radius 1 is 1.11 bits per heavy atom. The third-order valence-corrected chi connectivity index (χ3v) is 3.30. The lowest BCUT2D eigenvalue weighted by Crippen LogP contribution is -2.30. The number of nitrogens with one attached hydrogen (secondary N) is 1. The molecule has 0 spiro atoms. The summed E-state index contributed by atoms with van der Waals surface area (Å²) >= 11 is 0. The van der Waals surface area contributed by atoms with Crippen LogP contribution in [0.4, 0.5) is 0 Å². The van der Waals surface area contributed by atoms with Gasteiger partial charge < -0.3 is 19.5 Å². The third kappa shape index (κ3) is 3.07. The van der Waals surface area contributed by atoms with Crippen LogP contribution in [0.3, 0.4) is 0 Å². The van der Waals surface area contributed by atoms with Crippen LogP contribution >= 0.6 is 0 Å². The van der Waals surface area contributed by atoms with Crippen molar-refractivity contribution >= 4 is 0 Å². The molecular formula is C14H21NO3. The van der Waals surface area contributed by atoms with Gasteiger partial charge in [0.05, 0.1) is 20.8 Å². The highest BCUT2D eigenvalue weighted by molar-refractivity contribution is 5.51. The zero-order valence-electron chi connectivity index (χ0n) is 11.1. The average Bonchev–Trinajstić information content (AvgIpc) is 2.45. The van der Waals surface area contributed by atoms with Gasteiger partial charge in [-0.15, -0.1) is 0 Å². The Morgan fingerprint density at radius 2 is 1.72 bits per heavy atom. The molecule has 0 saturated carbocycles.